The Labute approximate surface area is 98.2 Å². The molecule has 1 unspecified atom stereocenters. The lowest BCUT2D eigenvalue weighted by molar-refractivity contribution is 0.0950. The van der Waals surface area contributed by atoms with Crippen molar-refractivity contribution in [1.29, 1.82) is 0 Å². The van der Waals surface area contributed by atoms with Crippen molar-refractivity contribution < 1.29 is 18.3 Å². The van der Waals surface area contributed by atoms with E-state index in [2.05, 4.69) is 0 Å². The summed E-state index contributed by atoms with van der Waals surface area (Å²) < 4.78 is 28.1. The highest BCUT2D eigenvalue weighted by Crippen LogP contribution is 2.50. The van der Waals surface area contributed by atoms with Gasteiger partial charge in [-0.05, 0) is 12.8 Å². The van der Waals surface area contributed by atoms with Crippen molar-refractivity contribution in [3.8, 4) is 0 Å². The molecule has 1 saturated carbocycles. The van der Waals surface area contributed by atoms with Crippen molar-refractivity contribution in [2.24, 2.45) is 0 Å². The molecule has 0 aromatic carbocycles. The van der Waals surface area contributed by atoms with Crippen LogP contribution in [0.3, 0.4) is 0 Å². The lowest BCUT2D eigenvalue weighted by Crippen LogP contribution is -2.17. The molecule has 1 aliphatic rings. The van der Waals surface area contributed by atoms with E-state index in [4.69, 9.17) is 13.8 Å². The maximum atomic E-state index is 12.2. The zero-order valence-corrected chi connectivity index (χ0v) is 11.2. The van der Waals surface area contributed by atoms with Crippen LogP contribution in [0.1, 0.15) is 39.0 Å². The Hall–Kier alpha value is 0.110. The third kappa shape index (κ3) is 4.96. The summed E-state index contributed by atoms with van der Waals surface area (Å²) >= 11 is 0. The van der Waals surface area contributed by atoms with Gasteiger partial charge < -0.3 is 13.8 Å². The summed E-state index contributed by atoms with van der Waals surface area (Å²) in [6, 6.07) is 0. The van der Waals surface area contributed by atoms with Crippen molar-refractivity contribution in [3.63, 3.8) is 0 Å². The molecule has 5 heteroatoms. The number of methoxy groups -OCH3 is 1. The average Bonchev–Trinajstić information content (AvgIpc) is 2.31. The molecule has 0 heterocycles. The monoisotopic (exact) mass is 250 g/mol. The highest BCUT2D eigenvalue weighted by atomic mass is 31.2. The van der Waals surface area contributed by atoms with Crippen molar-refractivity contribution in [1.82, 2.24) is 0 Å². The molecule has 0 amide bonds. The van der Waals surface area contributed by atoms with Gasteiger partial charge in [0.05, 0.1) is 19.3 Å². The van der Waals surface area contributed by atoms with Crippen LogP contribution < -0.4 is 0 Å². The highest BCUT2D eigenvalue weighted by Gasteiger charge is 2.27. The topological polar surface area (TPSA) is 44.8 Å². The van der Waals surface area contributed by atoms with Gasteiger partial charge in [0, 0.05) is 13.3 Å². The van der Waals surface area contributed by atoms with Crippen molar-refractivity contribution in [2.75, 3.05) is 26.5 Å². The number of rotatable bonds is 7. The standard InChI is InChI=1S/C11H23O4P/c1-3-16(12,14-10-9-13-2)15-11-7-5-4-6-8-11/h11H,3-10H2,1-2H3. The molecule has 1 fully saturated rings. The van der Waals surface area contributed by atoms with E-state index in [1.807, 2.05) is 6.92 Å². The first-order chi connectivity index (χ1) is 7.70. The number of hydrogen-bond acceptors (Lipinski definition) is 4. The molecule has 96 valence electrons. The third-order valence-electron chi connectivity index (χ3n) is 2.82. The van der Waals surface area contributed by atoms with Gasteiger partial charge in [0.2, 0.25) is 0 Å². The van der Waals surface area contributed by atoms with E-state index >= 15 is 0 Å². The number of hydrogen-bond donors (Lipinski definition) is 0. The average molecular weight is 250 g/mol. The smallest absolute Gasteiger partial charge is 0.330 e. The molecule has 1 rings (SSSR count). The largest absolute Gasteiger partial charge is 0.382 e. The summed E-state index contributed by atoms with van der Waals surface area (Å²) in [5.74, 6) is 0. The molecule has 4 nitrogen and oxygen atoms in total. The number of ether oxygens (including phenoxy) is 1. The molecule has 0 N–H and O–H groups in total. The van der Waals surface area contributed by atoms with Crippen molar-refractivity contribution >= 4 is 7.60 Å². The molecular formula is C11H23O4P. The van der Waals surface area contributed by atoms with Crippen LogP contribution in [0.4, 0.5) is 0 Å². The second kappa shape index (κ2) is 7.44. The summed E-state index contributed by atoms with van der Waals surface area (Å²) in [5, 5.41) is 0. The normalized spacial score (nSPS) is 21.9. The molecule has 1 aliphatic carbocycles. The van der Waals surface area contributed by atoms with E-state index in [-0.39, 0.29) is 6.10 Å². The summed E-state index contributed by atoms with van der Waals surface area (Å²) in [5.41, 5.74) is 0. The van der Waals surface area contributed by atoms with E-state index in [1.54, 1.807) is 7.11 Å². The van der Waals surface area contributed by atoms with Gasteiger partial charge in [-0.3, -0.25) is 4.57 Å². The Balaban J connectivity index is 2.35. The van der Waals surface area contributed by atoms with Gasteiger partial charge in [-0.15, -0.1) is 0 Å². The second-order valence-corrected chi connectivity index (χ2v) is 6.44. The molecule has 1 atom stereocenters. The van der Waals surface area contributed by atoms with Crippen LogP contribution in [0.5, 0.6) is 0 Å². The Bertz CT molecular complexity index is 226. The minimum Gasteiger partial charge on any atom is -0.382 e. The zero-order valence-electron chi connectivity index (χ0n) is 10.3. The van der Waals surface area contributed by atoms with E-state index in [1.165, 1.54) is 19.3 Å². The van der Waals surface area contributed by atoms with Crippen LogP contribution in [0.25, 0.3) is 0 Å². The van der Waals surface area contributed by atoms with Crippen LogP contribution in [0, 0.1) is 0 Å². The molecule has 0 radical (unpaired) electrons. The summed E-state index contributed by atoms with van der Waals surface area (Å²) in [4.78, 5) is 0. The molecular weight excluding hydrogens is 227 g/mol. The zero-order chi connectivity index (χ0) is 11.9. The van der Waals surface area contributed by atoms with Crippen LogP contribution in [-0.2, 0) is 18.3 Å². The van der Waals surface area contributed by atoms with Crippen LogP contribution in [0.15, 0.2) is 0 Å². The van der Waals surface area contributed by atoms with Gasteiger partial charge >= 0.3 is 7.60 Å². The molecule has 0 aromatic heterocycles. The van der Waals surface area contributed by atoms with Gasteiger partial charge in [0.15, 0.2) is 0 Å². The van der Waals surface area contributed by atoms with Gasteiger partial charge in [-0.25, -0.2) is 0 Å². The molecule has 0 aromatic rings. The summed E-state index contributed by atoms with van der Waals surface area (Å²) in [6.07, 6.45) is 6.20. The van der Waals surface area contributed by atoms with Gasteiger partial charge in [0.1, 0.15) is 0 Å². The molecule has 0 bridgehead atoms. The van der Waals surface area contributed by atoms with Crippen molar-refractivity contribution in [3.05, 3.63) is 0 Å². The fourth-order valence-electron chi connectivity index (χ4n) is 1.85. The molecule has 0 spiro atoms. The van der Waals surface area contributed by atoms with E-state index in [0.717, 1.165) is 12.8 Å². The van der Waals surface area contributed by atoms with E-state index in [9.17, 15) is 4.57 Å². The quantitative estimate of drug-likeness (QED) is 0.514. The Morgan fingerprint density at radius 1 is 1.19 bits per heavy atom. The van der Waals surface area contributed by atoms with Crippen molar-refractivity contribution in [2.45, 2.75) is 45.1 Å². The molecule has 0 saturated heterocycles. The SMILES string of the molecule is CCP(=O)(OCCOC)OC1CCCCC1. The minimum absolute atomic E-state index is 0.127. The van der Waals surface area contributed by atoms with Gasteiger partial charge in [-0.2, -0.15) is 0 Å². The highest BCUT2D eigenvalue weighted by molar-refractivity contribution is 7.53. The Morgan fingerprint density at radius 3 is 2.44 bits per heavy atom. The maximum absolute atomic E-state index is 12.2. The van der Waals surface area contributed by atoms with Gasteiger partial charge in [0.25, 0.3) is 0 Å². The summed E-state index contributed by atoms with van der Waals surface area (Å²) in [6.45, 7) is 2.64. The fraction of sp³-hybridized carbons (Fsp3) is 1.00. The van der Waals surface area contributed by atoms with E-state index in [0.29, 0.717) is 19.4 Å². The van der Waals surface area contributed by atoms with Crippen LogP contribution in [0.2, 0.25) is 0 Å². The van der Waals surface area contributed by atoms with Crippen LogP contribution in [-0.4, -0.2) is 32.6 Å². The van der Waals surface area contributed by atoms with E-state index < -0.39 is 7.60 Å². The first-order valence-corrected chi connectivity index (χ1v) is 7.84. The molecule has 16 heavy (non-hydrogen) atoms. The minimum atomic E-state index is -2.88. The maximum Gasteiger partial charge on any atom is 0.330 e. The molecule has 0 aliphatic heterocycles. The Morgan fingerprint density at radius 2 is 1.88 bits per heavy atom. The first-order valence-electron chi connectivity index (χ1n) is 6.11. The van der Waals surface area contributed by atoms with Crippen LogP contribution >= 0.6 is 7.60 Å². The van der Waals surface area contributed by atoms with Gasteiger partial charge in [-0.1, -0.05) is 26.2 Å². The Kier molecular flexibility index (Phi) is 6.59. The predicted molar refractivity (Wildman–Crippen MR) is 63.9 cm³/mol. The first kappa shape index (κ1) is 14.2. The lowest BCUT2D eigenvalue weighted by atomic mass is 9.98. The fourth-order valence-corrected chi connectivity index (χ4v) is 3.26. The predicted octanol–water partition coefficient (Wildman–Crippen LogP) is 3.21. The second-order valence-electron chi connectivity index (χ2n) is 4.12. The lowest BCUT2D eigenvalue weighted by Gasteiger charge is -2.26. The third-order valence-corrected chi connectivity index (χ3v) is 4.79. The summed E-state index contributed by atoms with van der Waals surface area (Å²) in [7, 11) is -1.28.